The third-order valence-corrected chi connectivity index (χ3v) is 4.18. The Morgan fingerprint density at radius 3 is 2.46 bits per heavy atom. The summed E-state index contributed by atoms with van der Waals surface area (Å²) < 4.78 is 44.2. The highest BCUT2D eigenvalue weighted by Gasteiger charge is 2.31. The molecule has 1 aromatic carbocycles. The lowest BCUT2D eigenvalue weighted by Crippen LogP contribution is -2.48. The molecule has 0 saturated carbocycles. The molecule has 0 spiro atoms. The van der Waals surface area contributed by atoms with E-state index < -0.39 is 17.2 Å². The van der Waals surface area contributed by atoms with Crippen LogP contribution in [0.2, 0.25) is 0 Å². The van der Waals surface area contributed by atoms with Crippen LogP contribution in [0.25, 0.3) is 0 Å². The third-order valence-electron chi connectivity index (χ3n) is 4.18. The number of benzene rings is 1. The Bertz CT molecular complexity index is 675. The Hall–Kier alpha value is -2.45. The Labute approximate surface area is 163 Å². The molecular formula is C19H29F3N4O2. The van der Waals surface area contributed by atoms with Gasteiger partial charge in [-0.15, -0.1) is 0 Å². The monoisotopic (exact) mass is 402 g/mol. The Morgan fingerprint density at radius 1 is 1.25 bits per heavy atom. The summed E-state index contributed by atoms with van der Waals surface area (Å²) in [6.07, 6.45) is -4.18. The molecule has 158 valence electrons. The van der Waals surface area contributed by atoms with Gasteiger partial charge in [0.15, 0.2) is 5.96 Å². The first-order valence-electron chi connectivity index (χ1n) is 9.04. The standard InChI is InChI=1S/C19H29F3N4O2/c1-6-14(28-15-9-7-8-13(10-15)19(20,21)22)11-25-17(24-5)26-12-18(2,3)16(27)23-4/h7-10,14H,6,11-12H2,1-5H3,(H,23,27)(H2,24,25,26). The van der Waals surface area contributed by atoms with Crippen LogP contribution in [0.1, 0.15) is 32.8 Å². The fraction of sp³-hybridized carbons (Fsp3) is 0.579. The van der Waals surface area contributed by atoms with E-state index in [2.05, 4.69) is 20.9 Å². The molecule has 0 aromatic heterocycles. The number of alkyl halides is 3. The maximum absolute atomic E-state index is 12.8. The van der Waals surface area contributed by atoms with Gasteiger partial charge in [0.05, 0.1) is 17.5 Å². The smallest absolute Gasteiger partial charge is 0.416 e. The largest absolute Gasteiger partial charge is 0.489 e. The van der Waals surface area contributed by atoms with E-state index in [0.717, 1.165) is 12.1 Å². The van der Waals surface area contributed by atoms with Gasteiger partial charge in [0, 0.05) is 20.6 Å². The zero-order chi connectivity index (χ0) is 21.4. The van der Waals surface area contributed by atoms with Gasteiger partial charge in [-0.3, -0.25) is 9.79 Å². The van der Waals surface area contributed by atoms with Crippen molar-refractivity contribution in [3.63, 3.8) is 0 Å². The molecule has 1 amide bonds. The van der Waals surface area contributed by atoms with E-state index in [9.17, 15) is 18.0 Å². The molecule has 1 unspecified atom stereocenters. The van der Waals surface area contributed by atoms with Crippen molar-refractivity contribution < 1.29 is 22.7 Å². The molecule has 28 heavy (non-hydrogen) atoms. The van der Waals surface area contributed by atoms with Gasteiger partial charge in [-0.1, -0.05) is 13.0 Å². The molecule has 0 fully saturated rings. The molecule has 9 heteroatoms. The minimum absolute atomic E-state index is 0.102. The predicted octanol–water partition coefficient (Wildman–Crippen LogP) is 2.80. The van der Waals surface area contributed by atoms with Crippen LogP contribution in [0.15, 0.2) is 29.3 Å². The number of guanidine groups is 1. The number of aliphatic imine (C=N–C) groups is 1. The van der Waals surface area contributed by atoms with Crippen LogP contribution in [-0.4, -0.2) is 45.2 Å². The summed E-state index contributed by atoms with van der Waals surface area (Å²) in [5.74, 6) is 0.532. The summed E-state index contributed by atoms with van der Waals surface area (Å²) in [6, 6.07) is 4.81. The third kappa shape index (κ3) is 7.28. The molecule has 1 aromatic rings. The summed E-state index contributed by atoms with van der Waals surface area (Å²) in [5, 5.41) is 8.76. The van der Waals surface area contributed by atoms with E-state index in [1.54, 1.807) is 27.9 Å². The van der Waals surface area contributed by atoms with Crippen molar-refractivity contribution in [2.45, 2.75) is 39.5 Å². The lowest BCUT2D eigenvalue weighted by molar-refractivity contribution is -0.137. The first-order valence-corrected chi connectivity index (χ1v) is 9.04. The number of hydrogen-bond donors (Lipinski definition) is 3. The van der Waals surface area contributed by atoms with Gasteiger partial charge in [0.2, 0.25) is 5.91 Å². The quantitative estimate of drug-likeness (QED) is 0.462. The Balaban J connectivity index is 2.64. The van der Waals surface area contributed by atoms with Crippen LogP contribution in [0.3, 0.4) is 0 Å². The maximum atomic E-state index is 12.8. The molecule has 0 saturated heterocycles. The van der Waals surface area contributed by atoms with Crippen molar-refractivity contribution in [2.24, 2.45) is 10.4 Å². The van der Waals surface area contributed by atoms with Crippen molar-refractivity contribution in [3.05, 3.63) is 29.8 Å². The van der Waals surface area contributed by atoms with E-state index in [0.29, 0.717) is 25.5 Å². The number of nitrogens with zero attached hydrogens (tertiary/aromatic N) is 1. The fourth-order valence-corrected chi connectivity index (χ4v) is 2.36. The molecule has 0 aliphatic carbocycles. The fourth-order valence-electron chi connectivity index (χ4n) is 2.36. The van der Waals surface area contributed by atoms with Crippen LogP contribution in [-0.2, 0) is 11.0 Å². The van der Waals surface area contributed by atoms with Gasteiger partial charge in [-0.2, -0.15) is 13.2 Å². The van der Waals surface area contributed by atoms with Gasteiger partial charge in [0.1, 0.15) is 11.9 Å². The molecule has 0 aliphatic heterocycles. The minimum atomic E-state index is -4.41. The molecule has 1 rings (SSSR count). The highest BCUT2D eigenvalue weighted by atomic mass is 19.4. The van der Waals surface area contributed by atoms with E-state index in [1.807, 2.05) is 6.92 Å². The molecule has 0 radical (unpaired) electrons. The van der Waals surface area contributed by atoms with Crippen LogP contribution < -0.4 is 20.7 Å². The number of hydrogen-bond acceptors (Lipinski definition) is 3. The van der Waals surface area contributed by atoms with Gasteiger partial charge < -0.3 is 20.7 Å². The summed E-state index contributed by atoms with van der Waals surface area (Å²) in [5.41, 5.74) is -1.38. The summed E-state index contributed by atoms with van der Waals surface area (Å²) >= 11 is 0. The lowest BCUT2D eigenvalue weighted by Gasteiger charge is -2.25. The van der Waals surface area contributed by atoms with Crippen LogP contribution in [0, 0.1) is 5.41 Å². The predicted molar refractivity (Wildman–Crippen MR) is 103 cm³/mol. The van der Waals surface area contributed by atoms with E-state index in [1.165, 1.54) is 12.1 Å². The molecule has 0 bridgehead atoms. The van der Waals surface area contributed by atoms with Crippen LogP contribution >= 0.6 is 0 Å². The van der Waals surface area contributed by atoms with Crippen molar-refractivity contribution in [2.75, 3.05) is 27.2 Å². The molecule has 1 atom stereocenters. The summed E-state index contributed by atoms with van der Waals surface area (Å²) in [7, 11) is 3.17. The van der Waals surface area contributed by atoms with Crippen molar-refractivity contribution >= 4 is 11.9 Å². The normalized spacial score (nSPS) is 13.6. The van der Waals surface area contributed by atoms with E-state index in [-0.39, 0.29) is 17.8 Å². The van der Waals surface area contributed by atoms with Gasteiger partial charge in [-0.05, 0) is 38.5 Å². The highest BCUT2D eigenvalue weighted by Crippen LogP contribution is 2.31. The second-order valence-electron chi connectivity index (χ2n) is 6.94. The van der Waals surface area contributed by atoms with Crippen molar-refractivity contribution in [1.29, 1.82) is 0 Å². The molecular weight excluding hydrogens is 373 g/mol. The minimum Gasteiger partial charge on any atom is -0.489 e. The first-order chi connectivity index (χ1) is 13.0. The zero-order valence-corrected chi connectivity index (χ0v) is 16.9. The summed E-state index contributed by atoms with van der Waals surface area (Å²) in [6.45, 7) is 6.19. The van der Waals surface area contributed by atoms with Crippen LogP contribution in [0.4, 0.5) is 13.2 Å². The van der Waals surface area contributed by atoms with Gasteiger partial charge >= 0.3 is 6.18 Å². The maximum Gasteiger partial charge on any atom is 0.416 e. The number of amides is 1. The second-order valence-corrected chi connectivity index (χ2v) is 6.94. The molecule has 0 heterocycles. The first kappa shape index (κ1) is 23.6. The summed E-state index contributed by atoms with van der Waals surface area (Å²) in [4.78, 5) is 15.9. The molecule has 3 N–H and O–H groups in total. The van der Waals surface area contributed by atoms with E-state index >= 15 is 0 Å². The highest BCUT2D eigenvalue weighted by molar-refractivity contribution is 5.84. The molecule has 0 aliphatic rings. The average Bonchev–Trinajstić information content (AvgIpc) is 2.65. The SMILES string of the molecule is CCC(CNC(=NC)NCC(C)(C)C(=O)NC)Oc1cccc(C(F)(F)F)c1. The Morgan fingerprint density at radius 2 is 1.93 bits per heavy atom. The number of carbonyl (C=O) groups excluding carboxylic acids is 1. The van der Waals surface area contributed by atoms with Gasteiger partial charge in [-0.25, -0.2) is 0 Å². The average molecular weight is 402 g/mol. The van der Waals surface area contributed by atoms with Crippen LogP contribution in [0.5, 0.6) is 5.75 Å². The number of halogens is 3. The topological polar surface area (TPSA) is 74.8 Å². The lowest BCUT2D eigenvalue weighted by atomic mass is 9.92. The van der Waals surface area contributed by atoms with Crippen molar-refractivity contribution in [3.8, 4) is 5.75 Å². The second kappa shape index (κ2) is 10.2. The Kier molecular flexibility index (Phi) is 8.59. The number of nitrogens with one attached hydrogen (secondary N) is 3. The van der Waals surface area contributed by atoms with Crippen molar-refractivity contribution in [1.82, 2.24) is 16.0 Å². The van der Waals surface area contributed by atoms with E-state index in [4.69, 9.17) is 4.74 Å². The molecule has 6 nitrogen and oxygen atoms in total. The van der Waals surface area contributed by atoms with Gasteiger partial charge in [0.25, 0.3) is 0 Å². The number of rotatable bonds is 8. The zero-order valence-electron chi connectivity index (χ0n) is 16.9. The number of ether oxygens (including phenoxy) is 1. The number of carbonyl (C=O) groups is 1.